The average Bonchev–Trinajstić information content (AvgIpc) is 2.77. The summed E-state index contributed by atoms with van der Waals surface area (Å²) < 4.78 is 24.2. The number of aliphatic hydroxyl groups excluding tert-OH is 1. The van der Waals surface area contributed by atoms with Gasteiger partial charge in [0.2, 0.25) is 0 Å². The average molecular weight is 497 g/mol. The van der Waals surface area contributed by atoms with Crippen molar-refractivity contribution in [2.75, 3.05) is 6.61 Å². The van der Waals surface area contributed by atoms with Crippen LogP contribution in [0.5, 0.6) is 11.5 Å². The predicted octanol–water partition coefficient (Wildman–Crippen LogP) is 4.23. The van der Waals surface area contributed by atoms with E-state index < -0.39 is 29.1 Å². The normalized spacial score (nSPS) is 25.9. The third kappa shape index (κ3) is 5.34. The van der Waals surface area contributed by atoms with Crippen LogP contribution in [-0.2, 0) is 4.79 Å². The zero-order valence-electron chi connectivity index (χ0n) is 17.6. The van der Waals surface area contributed by atoms with Crippen molar-refractivity contribution < 1.29 is 28.6 Å². The van der Waals surface area contributed by atoms with Gasteiger partial charge in [-0.1, -0.05) is 23.2 Å². The molecule has 0 saturated heterocycles. The Hall–Kier alpha value is -2.55. The van der Waals surface area contributed by atoms with E-state index in [-0.39, 0.29) is 29.7 Å². The van der Waals surface area contributed by atoms with Crippen LogP contribution < -0.4 is 20.1 Å². The summed E-state index contributed by atoms with van der Waals surface area (Å²) in [5.74, 6) is -0.466. The Kier molecular flexibility index (Phi) is 6.70. The fourth-order valence-electron chi connectivity index (χ4n) is 4.55. The van der Waals surface area contributed by atoms with E-state index in [1.807, 2.05) is 0 Å². The Morgan fingerprint density at radius 3 is 2.33 bits per heavy atom. The highest BCUT2D eigenvalue weighted by atomic mass is 35.5. The summed E-state index contributed by atoms with van der Waals surface area (Å²) in [6, 6.07) is 10.3. The van der Waals surface area contributed by atoms with Crippen LogP contribution in [0.25, 0.3) is 0 Å². The molecule has 5 rings (SSSR count). The fraction of sp³-hybridized carbons (Fsp3) is 0.391. The Labute approximate surface area is 200 Å². The molecule has 10 heteroatoms. The third-order valence-corrected chi connectivity index (χ3v) is 6.92. The molecule has 2 bridgehead atoms. The number of benzene rings is 2. The quantitative estimate of drug-likeness (QED) is 0.555. The molecular weight excluding hydrogens is 474 g/mol. The van der Waals surface area contributed by atoms with Crippen molar-refractivity contribution in [3.63, 3.8) is 0 Å². The van der Waals surface area contributed by atoms with Crippen LogP contribution in [0, 0.1) is 5.82 Å². The number of amides is 2. The lowest BCUT2D eigenvalue weighted by Gasteiger charge is -2.56. The molecule has 0 spiro atoms. The first-order chi connectivity index (χ1) is 15.7. The molecule has 3 aliphatic carbocycles. The van der Waals surface area contributed by atoms with Gasteiger partial charge in [0.15, 0.2) is 6.61 Å². The van der Waals surface area contributed by atoms with Crippen molar-refractivity contribution in [3.8, 4) is 11.5 Å². The van der Waals surface area contributed by atoms with Gasteiger partial charge < -0.3 is 25.2 Å². The molecule has 176 valence electrons. The second-order valence-electron chi connectivity index (χ2n) is 8.54. The molecule has 1 unspecified atom stereocenters. The maximum absolute atomic E-state index is 13.5. The number of rotatable bonds is 6. The summed E-state index contributed by atoms with van der Waals surface area (Å²) in [5, 5.41) is 17.1. The van der Waals surface area contributed by atoms with Gasteiger partial charge >= 0.3 is 6.09 Å². The lowest BCUT2D eigenvalue weighted by atomic mass is 9.60. The highest BCUT2D eigenvalue weighted by Crippen LogP contribution is 2.47. The lowest BCUT2D eigenvalue weighted by molar-refractivity contribution is -0.129. The van der Waals surface area contributed by atoms with Gasteiger partial charge in [0.1, 0.15) is 17.3 Å². The Morgan fingerprint density at radius 2 is 1.70 bits per heavy atom. The Balaban J connectivity index is 1.30. The maximum atomic E-state index is 13.5. The van der Waals surface area contributed by atoms with Crippen molar-refractivity contribution in [2.24, 2.45) is 0 Å². The number of carbonyl (C=O) groups is 2. The molecule has 2 aromatic rings. The SMILES string of the molecule is O=C(COc1ccc(Cl)c(F)c1)NC12CCC(NC(=O)Oc3ccc(Cl)cc3)(CC1)C(O)C2. The summed E-state index contributed by atoms with van der Waals surface area (Å²) in [5.41, 5.74) is -1.40. The van der Waals surface area contributed by atoms with Crippen molar-refractivity contribution in [1.82, 2.24) is 10.6 Å². The topological polar surface area (TPSA) is 96.9 Å². The molecule has 7 nitrogen and oxygen atoms in total. The first-order valence-corrected chi connectivity index (χ1v) is 11.3. The zero-order chi connectivity index (χ0) is 23.6. The van der Waals surface area contributed by atoms with Gasteiger partial charge in [0.25, 0.3) is 5.91 Å². The van der Waals surface area contributed by atoms with E-state index in [0.29, 0.717) is 36.5 Å². The molecule has 0 aliphatic heterocycles. The number of aliphatic hydroxyl groups is 1. The van der Waals surface area contributed by atoms with E-state index >= 15 is 0 Å². The lowest BCUT2D eigenvalue weighted by Crippen LogP contribution is -2.70. The number of hydrogen-bond donors (Lipinski definition) is 3. The van der Waals surface area contributed by atoms with Crippen molar-refractivity contribution >= 4 is 35.2 Å². The van der Waals surface area contributed by atoms with Gasteiger partial charge in [0, 0.05) is 16.6 Å². The highest BCUT2D eigenvalue weighted by molar-refractivity contribution is 6.31. The van der Waals surface area contributed by atoms with E-state index in [1.54, 1.807) is 24.3 Å². The highest BCUT2D eigenvalue weighted by Gasteiger charge is 2.55. The zero-order valence-corrected chi connectivity index (χ0v) is 19.1. The molecule has 3 saturated carbocycles. The van der Waals surface area contributed by atoms with Gasteiger partial charge in [-0.05, 0) is 68.5 Å². The Morgan fingerprint density at radius 1 is 1.03 bits per heavy atom. The molecule has 2 amide bonds. The van der Waals surface area contributed by atoms with Crippen LogP contribution in [0.3, 0.4) is 0 Å². The minimum absolute atomic E-state index is 0.0294. The smallest absolute Gasteiger partial charge is 0.413 e. The largest absolute Gasteiger partial charge is 0.484 e. The van der Waals surface area contributed by atoms with Gasteiger partial charge in [-0.2, -0.15) is 0 Å². The van der Waals surface area contributed by atoms with E-state index in [2.05, 4.69) is 10.6 Å². The van der Waals surface area contributed by atoms with Crippen LogP contribution >= 0.6 is 23.2 Å². The molecule has 2 aromatic carbocycles. The monoisotopic (exact) mass is 496 g/mol. The summed E-state index contributed by atoms with van der Waals surface area (Å²) in [4.78, 5) is 24.9. The van der Waals surface area contributed by atoms with Crippen molar-refractivity contribution in [3.05, 3.63) is 58.3 Å². The number of fused-ring (bicyclic) bond motifs is 3. The van der Waals surface area contributed by atoms with Crippen LogP contribution in [0.2, 0.25) is 10.0 Å². The number of hydrogen-bond acceptors (Lipinski definition) is 5. The van der Waals surface area contributed by atoms with Crippen molar-refractivity contribution in [1.29, 1.82) is 0 Å². The van der Waals surface area contributed by atoms with Crippen LogP contribution in [0.4, 0.5) is 9.18 Å². The van der Waals surface area contributed by atoms with E-state index in [9.17, 15) is 19.1 Å². The summed E-state index contributed by atoms with van der Waals surface area (Å²) in [6.45, 7) is -0.296. The second-order valence-corrected chi connectivity index (χ2v) is 9.38. The van der Waals surface area contributed by atoms with E-state index in [4.69, 9.17) is 32.7 Å². The number of carbonyl (C=O) groups excluding carboxylic acids is 2. The third-order valence-electron chi connectivity index (χ3n) is 6.36. The molecule has 33 heavy (non-hydrogen) atoms. The second kappa shape index (κ2) is 9.37. The van der Waals surface area contributed by atoms with Crippen LogP contribution in [-0.4, -0.2) is 40.9 Å². The molecule has 0 radical (unpaired) electrons. The van der Waals surface area contributed by atoms with E-state index in [1.165, 1.54) is 12.1 Å². The van der Waals surface area contributed by atoms with Crippen molar-refractivity contribution in [2.45, 2.75) is 49.3 Å². The molecular formula is C23H23Cl2FN2O5. The van der Waals surface area contributed by atoms with Gasteiger partial charge in [-0.15, -0.1) is 0 Å². The van der Waals surface area contributed by atoms with Gasteiger partial charge in [-0.3, -0.25) is 4.79 Å². The number of nitrogens with one attached hydrogen (secondary N) is 2. The summed E-state index contributed by atoms with van der Waals surface area (Å²) >= 11 is 11.5. The predicted molar refractivity (Wildman–Crippen MR) is 120 cm³/mol. The minimum atomic E-state index is -0.857. The molecule has 0 heterocycles. The minimum Gasteiger partial charge on any atom is -0.484 e. The first kappa shape index (κ1) is 23.6. The molecule has 0 aromatic heterocycles. The van der Waals surface area contributed by atoms with Crippen LogP contribution in [0.1, 0.15) is 32.1 Å². The molecule has 3 N–H and O–H groups in total. The van der Waals surface area contributed by atoms with Gasteiger partial charge in [-0.25, -0.2) is 9.18 Å². The van der Waals surface area contributed by atoms with E-state index in [0.717, 1.165) is 6.07 Å². The molecule has 3 aliphatic rings. The Bertz CT molecular complexity index is 1040. The maximum Gasteiger partial charge on any atom is 0.413 e. The summed E-state index contributed by atoms with van der Waals surface area (Å²) in [7, 11) is 0. The number of ether oxygens (including phenoxy) is 2. The first-order valence-electron chi connectivity index (χ1n) is 10.5. The molecule has 3 fully saturated rings. The molecule has 1 atom stereocenters. The summed E-state index contributed by atoms with van der Waals surface area (Å²) in [6.07, 6.45) is 0.887. The van der Waals surface area contributed by atoms with Crippen LogP contribution in [0.15, 0.2) is 42.5 Å². The fourth-order valence-corrected chi connectivity index (χ4v) is 4.79. The van der Waals surface area contributed by atoms with Gasteiger partial charge in [0.05, 0.1) is 16.7 Å². The standard InChI is InChI=1S/C23H23Cl2FN2O5/c24-14-1-3-15(4-2-14)33-21(31)28-23-9-7-22(8-10-23,12-19(23)29)27-20(30)13-32-16-5-6-17(25)18(26)11-16/h1-6,11,19,29H,7-10,12-13H2,(H,27,30)(H,28,31). The number of halogens is 3.